The summed E-state index contributed by atoms with van der Waals surface area (Å²) in [4.78, 5) is -0.262. The van der Waals surface area contributed by atoms with E-state index >= 15 is 0 Å². The van der Waals surface area contributed by atoms with Crippen molar-refractivity contribution in [2.24, 2.45) is 0 Å². The third-order valence-corrected chi connectivity index (χ3v) is 6.37. The topological polar surface area (TPSA) is 57.6 Å². The van der Waals surface area contributed by atoms with E-state index in [4.69, 9.17) is 28.3 Å². The van der Waals surface area contributed by atoms with Crippen LogP contribution in [0.2, 0.25) is 10.0 Å². The van der Waals surface area contributed by atoms with Crippen LogP contribution < -0.4 is 0 Å². The molecule has 0 aliphatic carbocycles. The molecule has 0 saturated carbocycles. The first kappa shape index (κ1) is 17.0. The summed E-state index contributed by atoms with van der Waals surface area (Å²) in [7, 11) is -3.87. The van der Waals surface area contributed by atoms with Gasteiger partial charge in [0.05, 0.1) is 10.0 Å². The third kappa shape index (κ3) is 3.35. The molecule has 2 rings (SSSR count). The Labute approximate surface area is 133 Å². The Morgan fingerprint density at radius 2 is 2.10 bits per heavy atom. The number of aliphatic hydroxyl groups excluding tert-OH is 1. The van der Waals surface area contributed by atoms with Crippen molar-refractivity contribution >= 4 is 33.2 Å². The van der Waals surface area contributed by atoms with Crippen molar-refractivity contribution in [3.63, 3.8) is 0 Å². The van der Waals surface area contributed by atoms with Gasteiger partial charge in [0.25, 0.3) is 0 Å². The summed E-state index contributed by atoms with van der Waals surface area (Å²) in [5.74, 6) is -0.925. The van der Waals surface area contributed by atoms with Crippen LogP contribution >= 0.6 is 23.2 Å². The van der Waals surface area contributed by atoms with E-state index in [2.05, 4.69) is 0 Å². The summed E-state index contributed by atoms with van der Waals surface area (Å²) in [5.41, 5.74) is 0. The molecular formula is C13H16Cl2FNO3S. The van der Waals surface area contributed by atoms with Crippen LogP contribution in [0.1, 0.15) is 25.7 Å². The van der Waals surface area contributed by atoms with E-state index in [1.165, 1.54) is 16.4 Å². The molecule has 0 radical (unpaired) electrons. The molecule has 1 unspecified atom stereocenters. The Bertz CT molecular complexity index is 624. The third-order valence-electron chi connectivity index (χ3n) is 3.60. The van der Waals surface area contributed by atoms with Gasteiger partial charge >= 0.3 is 0 Å². The number of hydrogen-bond donors (Lipinski definition) is 1. The van der Waals surface area contributed by atoms with E-state index in [-0.39, 0.29) is 22.6 Å². The number of nitrogens with zero attached hydrogens (tertiary/aromatic N) is 1. The maximum Gasteiger partial charge on any atom is 0.244 e. The molecule has 1 fully saturated rings. The maximum atomic E-state index is 13.7. The molecule has 1 aliphatic heterocycles. The molecule has 0 amide bonds. The van der Waals surface area contributed by atoms with Gasteiger partial charge in [0.1, 0.15) is 4.90 Å². The van der Waals surface area contributed by atoms with Crippen molar-refractivity contribution in [2.45, 2.75) is 36.6 Å². The summed E-state index contributed by atoms with van der Waals surface area (Å²) in [6.45, 7) is 0.389. The van der Waals surface area contributed by atoms with Crippen LogP contribution in [0.5, 0.6) is 0 Å². The molecule has 1 heterocycles. The Kier molecular flexibility index (Phi) is 5.48. The smallest absolute Gasteiger partial charge is 0.244 e. The van der Waals surface area contributed by atoms with Crippen LogP contribution in [0.25, 0.3) is 0 Å². The van der Waals surface area contributed by atoms with E-state index in [1.807, 2.05) is 0 Å². The molecule has 4 nitrogen and oxygen atoms in total. The second kappa shape index (κ2) is 6.79. The standard InChI is InChI=1S/C13H16Cl2FNO3S/c14-10-5-6-11(12(15)13(10)16)21(19,20)17-7-1-3-9(17)4-2-8-18/h5-6,9,18H,1-4,7-8H2. The highest BCUT2D eigenvalue weighted by atomic mass is 35.5. The summed E-state index contributed by atoms with van der Waals surface area (Å²) < 4.78 is 40.4. The van der Waals surface area contributed by atoms with Gasteiger partial charge in [0.15, 0.2) is 5.82 Å². The SMILES string of the molecule is O=S(=O)(c1ccc(Cl)c(F)c1Cl)N1CCCC1CCCO. The zero-order chi connectivity index (χ0) is 15.6. The first-order valence-corrected chi connectivity index (χ1v) is 8.85. The number of rotatable bonds is 5. The fraction of sp³-hybridized carbons (Fsp3) is 0.538. The first-order valence-electron chi connectivity index (χ1n) is 6.65. The van der Waals surface area contributed by atoms with Crippen LogP contribution in [0.3, 0.4) is 0 Å². The molecule has 0 bridgehead atoms. The fourth-order valence-electron chi connectivity index (χ4n) is 2.57. The fourth-order valence-corrected chi connectivity index (χ4v) is 5.02. The van der Waals surface area contributed by atoms with Crippen molar-refractivity contribution in [3.8, 4) is 0 Å². The summed E-state index contributed by atoms with van der Waals surface area (Å²) in [6, 6.07) is 2.23. The van der Waals surface area contributed by atoms with Crippen LogP contribution in [0, 0.1) is 5.82 Å². The molecule has 21 heavy (non-hydrogen) atoms. The Morgan fingerprint density at radius 3 is 2.76 bits per heavy atom. The van der Waals surface area contributed by atoms with Gasteiger partial charge in [-0.2, -0.15) is 4.31 Å². The normalized spacial score (nSPS) is 20.1. The van der Waals surface area contributed by atoms with E-state index in [9.17, 15) is 12.8 Å². The molecule has 1 aromatic rings. The number of hydrogen-bond acceptors (Lipinski definition) is 3. The molecule has 0 spiro atoms. The van der Waals surface area contributed by atoms with E-state index in [0.29, 0.717) is 19.4 Å². The number of benzene rings is 1. The lowest BCUT2D eigenvalue weighted by Gasteiger charge is -2.24. The summed E-state index contributed by atoms with van der Waals surface area (Å²) in [6.07, 6.45) is 2.57. The predicted molar refractivity (Wildman–Crippen MR) is 79.7 cm³/mol. The Morgan fingerprint density at radius 1 is 1.38 bits per heavy atom. The van der Waals surface area contributed by atoms with Gasteiger partial charge in [-0.25, -0.2) is 12.8 Å². The van der Waals surface area contributed by atoms with Crippen LogP contribution in [-0.2, 0) is 10.0 Å². The molecular weight excluding hydrogens is 340 g/mol. The van der Waals surface area contributed by atoms with Crippen molar-refractivity contribution < 1.29 is 17.9 Å². The van der Waals surface area contributed by atoms with Crippen LogP contribution in [0.15, 0.2) is 17.0 Å². The maximum absolute atomic E-state index is 13.7. The molecule has 1 atom stereocenters. The van der Waals surface area contributed by atoms with Gasteiger partial charge < -0.3 is 5.11 Å². The molecule has 1 aliphatic rings. The minimum absolute atomic E-state index is 0.0146. The molecule has 1 aromatic carbocycles. The van der Waals surface area contributed by atoms with Crippen molar-refractivity contribution in [1.29, 1.82) is 0 Å². The second-order valence-corrected chi connectivity index (χ2v) is 7.60. The molecule has 8 heteroatoms. The minimum atomic E-state index is -3.87. The van der Waals surface area contributed by atoms with Gasteiger partial charge in [0.2, 0.25) is 10.0 Å². The van der Waals surface area contributed by atoms with Crippen LogP contribution in [-0.4, -0.2) is 37.0 Å². The minimum Gasteiger partial charge on any atom is -0.396 e. The predicted octanol–water partition coefficient (Wildman–Crippen LogP) is 3.06. The quantitative estimate of drug-likeness (QED) is 0.825. The highest BCUT2D eigenvalue weighted by Gasteiger charge is 2.36. The van der Waals surface area contributed by atoms with Gasteiger partial charge in [-0.1, -0.05) is 23.2 Å². The van der Waals surface area contributed by atoms with Crippen molar-refractivity contribution in [3.05, 3.63) is 28.0 Å². The summed E-state index contributed by atoms with van der Waals surface area (Å²) in [5, 5.41) is 8.20. The monoisotopic (exact) mass is 355 g/mol. The Hall–Kier alpha value is -0.400. The van der Waals surface area contributed by atoms with Crippen molar-refractivity contribution in [2.75, 3.05) is 13.2 Å². The highest BCUT2D eigenvalue weighted by Crippen LogP contribution is 2.34. The largest absolute Gasteiger partial charge is 0.396 e. The van der Waals surface area contributed by atoms with Gasteiger partial charge in [0, 0.05) is 19.2 Å². The van der Waals surface area contributed by atoms with Gasteiger partial charge in [-0.3, -0.25) is 0 Å². The van der Waals surface area contributed by atoms with Crippen LogP contribution in [0.4, 0.5) is 4.39 Å². The average Bonchev–Trinajstić information content (AvgIpc) is 2.91. The lowest BCUT2D eigenvalue weighted by Crippen LogP contribution is -2.35. The van der Waals surface area contributed by atoms with E-state index < -0.39 is 20.9 Å². The Balaban J connectivity index is 2.35. The summed E-state index contributed by atoms with van der Waals surface area (Å²) >= 11 is 11.4. The second-order valence-electron chi connectivity index (χ2n) is 4.95. The number of halogens is 3. The average molecular weight is 356 g/mol. The molecule has 118 valence electrons. The van der Waals surface area contributed by atoms with E-state index in [1.54, 1.807) is 0 Å². The zero-order valence-corrected chi connectivity index (χ0v) is 13.6. The van der Waals surface area contributed by atoms with E-state index in [0.717, 1.165) is 12.8 Å². The lowest BCUT2D eigenvalue weighted by atomic mass is 10.1. The molecule has 1 saturated heterocycles. The molecule has 0 aromatic heterocycles. The van der Waals surface area contributed by atoms with Crippen molar-refractivity contribution in [1.82, 2.24) is 4.31 Å². The first-order chi connectivity index (χ1) is 9.89. The highest BCUT2D eigenvalue weighted by molar-refractivity contribution is 7.89. The number of aliphatic hydroxyl groups is 1. The lowest BCUT2D eigenvalue weighted by molar-refractivity contribution is 0.264. The van der Waals surface area contributed by atoms with Gasteiger partial charge in [-0.05, 0) is 37.8 Å². The molecule has 1 N–H and O–H groups in total. The zero-order valence-electron chi connectivity index (χ0n) is 11.2. The number of sulfonamides is 1. The van der Waals surface area contributed by atoms with Gasteiger partial charge in [-0.15, -0.1) is 0 Å².